The molecular formula is C24H23N5O3. The average Bonchev–Trinajstić information content (AvgIpc) is 3.31. The molecule has 0 spiro atoms. The first-order valence-electron chi connectivity index (χ1n) is 10.2. The maximum absolute atomic E-state index is 12.5. The topological polar surface area (TPSA) is 123 Å². The molecule has 0 radical (unpaired) electrons. The van der Waals surface area contributed by atoms with Crippen LogP contribution in [0.1, 0.15) is 21.6 Å². The number of anilines is 2. The smallest absolute Gasteiger partial charge is 0.267 e. The van der Waals surface area contributed by atoms with Crippen molar-refractivity contribution in [2.75, 3.05) is 11.9 Å². The minimum atomic E-state index is -0.270. The van der Waals surface area contributed by atoms with Crippen LogP contribution in [0, 0.1) is 0 Å². The number of phenols is 1. The molecule has 0 fully saturated rings. The number of aliphatic hydroxyl groups excluding tert-OH is 1. The van der Waals surface area contributed by atoms with Crippen LogP contribution in [0.5, 0.6) is 5.75 Å². The highest BCUT2D eigenvalue weighted by Gasteiger charge is 2.14. The maximum atomic E-state index is 12.5. The molecule has 0 aliphatic heterocycles. The number of amides is 1. The van der Waals surface area contributed by atoms with E-state index in [4.69, 9.17) is 0 Å². The monoisotopic (exact) mass is 429 g/mol. The Bertz CT molecular complexity index is 1210. The van der Waals surface area contributed by atoms with Gasteiger partial charge in [-0.05, 0) is 36.2 Å². The van der Waals surface area contributed by atoms with Crippen molar-refractivity contribution in [3.8, 4) is 17.0 Å². The number of phenolic OH excluding ortho intramolecular Hbond substituents is 1. The number of H-pyrrole nitrogens is 1. The van der Waals surface area contributed by atoms with E-state index in [1.165, 1.54) is 0 Å². The maximum Gasteiger partial charge on any atom is 0.267 e. The van der Waals surface area contributed by atoms with Crippen molar-refractivity contribution in [3.63, 3.8) is 0 Å². The first-order valence-corrected chi connectivity index (χ1v) is 10.2. The molecule has 4 rings (SSSR count). The summed E-state index contributed by atoms with van der Waals surface area (Å²) in [5.74, 6) is 0.330. The van der Waals surface area contributed by atoms with Gasteiger partial charge < -0.3 is 25.8 Å². The molecule has 0 atom stereocenters. The van der Waals surface area contributed by atoms with Gasteiger partial charge in [-0.2, -0.15) is 0 Å². The second-order valence-electron chi connectivity index (χ2n) is 7.15. The number of aromatic hydroxyl groups is 1. The number of hydrogen-bond acceptors (Lipinski definition) is 6. The lowest BCUT2D eigenvalue weighted by molar-refractivity contribution is 0.0949. The number of aromatic amines is 1. The number of nitrogens with one attached hydrogen (secondary N) is 3. The Labute approximate surface area is 185 Å². The van der Waals surface area contributed by atoms with Crippen molar-refractivity contribution in [2.45, 2.75) is 13.0 Å². The van der Waals surface area contributed by atoms with Gasteiger partial charge in [0, 0.05) is 35.8 Å². The highest BCUT2D eigenvalue weighted by atomic mass is 16.3. The van der Waals surface area contributed by atoms with E-state index in [2.05, 4.69) is 25.6 Å². The molecule has 4 aromatic rings. The van der Waals surface area contributed by atoms with Crippen LogP contribution in [0.25, 0.3) is 11.3 Å². The van der Waals surface area contributed by atoms with Crippen LogP contribution in [0.15, 0.2) is 73.1 Å². The summed E-state index contributed by atoms with van der Waals surface area (Å²) in [4.78, 5) is 24.3. The summed E-state index contributed by atoms with van der Waals surface area (Å²) in [5.41, 5.74) is 3.73. The standard InChI is InChI=1S/C24H23N5O3/c30-15-18-14-27-24(28-19-7-2-1-3-8-19)29-22(18)17-12-20(26-13-17)23(32)25-11-10-16-6-4-5-9-21(16)31/h1-9,12-14,26,30-31H,10-11,15H2,(H,25,32)(H,27,28,29). The number of carbonyl (C=O) groups is 1. The van der Waals surface area contributed by atoms with E-state index in [1.807, 2.05) is 42.5 Å². The molecule has 0 unspecified atom stereocenters. The van der Waals surface area contributed by atoms with Gasteiger partial charge in [0.2, 0.25) is 5.95 Å². The summed E-state index contributed by atoms with van der Waals surface area (Å²) in [7, 11) is 0. The molecule has 8 heteroatoms. The molecule has 8 nitrogen and oxygen atoms in total. The van der Waals surface area contributed by atoms with E-state index in [1.54, 1.807) is 30.6 Å². The molecule has 0 aliphatic carbocycles. The van der Waals surface area contributed by atoms with Gasteiger partial charge >= 0.3 is 0 Å². The van der Waals surface area contributed by atoms with E-state index in [0.29, 0.717) is 41.4 Å². The Morgan fingerprint density at radius 1 is 1.03 bits per heavy atom. The van der Waals surface area contributed by atoms with Crippen LogP contribution >= 0.6 is 0 Å². The third kappa shape index (κ3) is 4.93. The van der Waals surface area contributed by atoms with E-state index >= 15 is 0 Å². The Balaban J connectivity index is 1.46. The van der Waals surface area contributed by atoms with Gasteiger partial charge in [-0.15, -0.1) is 0 Å². The van der Waals surface area contributed by atoms with Gasteiger partial charge in [-0.25, -0.2) is 9.97 Å². The van der Waals surface area contributed by atoms with Gasteiger partial charge in [-0.3, -0.25) is 4.79 Å². The summed E-state index contributed by atoms with van der Waals surface area (Å²) < 4.78 is 0. The fourth-order valence-corrected chi connectivity index (χ4v) is 3.27. The van der Waals surface area contributed by atoms with Gasteiger partial charge in [0.25, 0.3) is 5.91 Å². The van der Waals surface area contributed by atoms with Gasteiger partial charge in [0.15, 0.2) is 0 Å². The summed E-state index contributed by atoms with van der Waals surface area (Å²) in [6.45, 7) is 0.152. The minimum absolute atomic E-state index is 0.212. The van der Waals surface area contributed by atoms with E-state index < -0.39 is 0 Å². The second kappa shape index (κ2) is 9.76. The molecule has 2 aromatic heterocycles. The lowest BCUT2D eigenvalue weighted by Gasteiger charge is -2.09. The summed E-state index contributed by atoms with van der Waals surface area (Å²) in [5, 5.41) is 25.5. The largest absolute Gasteiger partial charge is 0.508 e. The quantitative estimate of drug-likeness (QED) is 0.293. The number of aliphatic hydroxyl groups is 1. The summed E-state index contributed by atoms with van der Waals surface area (Å²) >= 11 is 0. The lowest BCUT2D eigenvalue weighted by atomic mass is 10.1. The molecule has 0 aliphatic rings. The number of nitrogens with zero attached hydrogens (tertiary/aromatic N) is 2. The van der Waals surface area contributed by atoms with Gasteiger partial charge in [0.1, 0.15) is 11.4 Å². The number of benzene rings is 2. The van der Waals surface area contributed by atoms with Gasteiger partial charge in [0.05, 0.1) is 12.3 Å². The molecule has 162 valence electrons. The number of aromatic nitrogens is 3. The van der Waals surface area contributed by atoms with Crippen molar-refractivity contribution in [1.29, 1.82) is 0 Å². The highest BCUT2D eigenvalue weighted by molar-refractivity contribution is 5.94. The first kappa shape index (κ1) is 21.1. The molecule has 5 N–H and O–H groups in total. The Morgan fingerprint density at radius 3 is 2.59 bits per heavy atom. The fourth-order valence-electron chi connectivity index (χ4n) is 3.27. The van der Waals surface area contributed by atoms with Crippen molar-refractivity contribution >= 4 is 17.5 Å². The van der Waals surface area contributed by atoms with Crippen LogP contribution < -0.4 is 10.6 Å². The molecule has 32 heavy (non-hydrogen) atoms. The number of para-hydroxylation sites is 2. The molecular weight excluding hydrogens is 406 g/mol. The van der Waals surface area contributed by atoms with Crippen molar-refractivity contribution in [1.82, 2.24) is 20.3 Å². The zero-order chi connectivity index (χ0) is 22.3. The van der Waals surface area contributed by atoms with Gasteiger partial charge in [-0.1, -0.05) is 36.4 Å². The normalized spacial score (nSPS) is 10.7. The zero-order valence-electron chi connectivity index (χ0n) is 17.2. The summed E-state index contributed by atoms with van der Waals surface area (Å²) in [6, 6.07) is 18.2. The average molecular weight is 429 g/mol. The molecule has 0 bridgehead atoms. The molecule has 2 aromatic carbocycles. The van der Waals surface area contributed by atoms with Crippen LogP contribution in [-0.2, 0) is 13.0 Å². The van der Waals surface area contributed by atoms with Crippen molar-refractivity contribution < 1.29 is 15.0 Å². The molecule has 0 saturated carbocycles. The summed E-state index contributed by atoms with van der Waals surface area (Å²) in [6.07, 6.45) is 3.75. The SMILES string of the molecule is O=C(NCCc1ccccc1O)c1cc(-c2nc(Nc3ccccc3)ncc2CO)c[nH]1. The van der Waals surface area contributed by atoms with Crippen LogP contribution in [0.4, 0.5) is 11.6 Å². The first-order chi connectivity index (χ1) is 15.6. The highest BCUT2D eigenvalue weighted by Crippen LogP contribution is 2.24. The lowest BCUT2D eigenvalue weighted by Crippen LogP contribution is -2.25. The van der Waals surface area contributed by atoms with Crippen LogP contribution in [0.3, 0.4) is 0 Å². The third-order valence-electron chi connectivity index (χ3n) is 4.94. The fraction of sp³-hybridized carbons (Fsp3) is 0.125. The molecule has 0 saturated heterocycles. The Morgan fingerprint density at radius 2 is 1.81 bits per heavy atom. The van der Waals surface area contributed by atoms with Crippen molar-refractivity contribution in [3.05, 3.63) is 89.9 Å². The molecule has 1 amide bonds. The predicted octanol–water partition coefficient (Wildman–Crippen LogP) is 3.39. The Kier molecular flexibility index (Phi) is 6.43. The van der Waals surface area contributed by atoms with E-state index in [0.717, 1.165) is 11.3 Å². The predicted molar refractivity (Wildman–Crippen MR) is 122 cm³/mol. The van der Waals surface area contributed by atoms with Crippen molar-refractivity contribution in [2.24, 2.45) is 0 Å². The third-order valence-corrected chi connectivity index (χ3v) is 4.94. The Hall–Kier alpha value is -4.17. The van der Waals surface area contributed by atoms with Crippen LogP contribution in [-0.4, -0.2) is 37.6 Å². The van der Waals surface area contributed by atoms with Crippen LogP contribution in [0.2, 0.25) is 0 Å². The number of hydrogen-bond donors (Lipinski definition) is 5. The second-order valence-corrected chi connectivity index (χ2v) is 7.15. The number of carbonyl (C=O) groups excluding carboxylic acids is 1. The number of rotatable bonds is 8. The van der Waals surface area contributed by atoms with E-state index in [-0.39, 0.29) is 18.3 Å². The zero-order valence-corrected chi connectivity index (χ0v) is 17.2. The minimum Gasteiger partial charge on any atom is -0.508 e. The van der Waals surface area contributed by atoms with E-state index in [9.17, 15) is 15.0 Å². The molecule has 2 heterocycles.